The smallest absolute Gasteiger partial charge is 0.156 e. The Bertz CT molecular complexity index is 1470. The molecule has 2 fully saturated rings. The highest BCUT2D eigenvalue weighted by molar-refractivity contribution is 6.00. The number of aromatic nitrogens is 2. The highest BCUT2D eigenvalue weighted by Crippen LogP contribution is 2.34. The summed E-state index contributed by atoms with van der Waals surface area (Å²) in [6, 6.07) is 23.0. The largest absolute Gasteiger partial charge is 0.497 e. The molecule has 9 heteroatoms. The fourth-order valence-electron chi connectivity index (χ4n) is 6.18. The predicted octanol–water partition coefficient (Wildman–Crippen LogP) is 6.68. The van der Waals surface area contributed by atoms with E-state index in [0.717, 1.165) is 90.7 Å². The van der Waals surface area contributed by atoms with E-state index in [1.54, 1.807) is 14.2 Å². The standard InChI is InChI=1S/C35H43N5O3.ClH/c1-41-29-12-8-27(9-13-29)34-32-15-14-31(42-2)24-33(32)35(38-37-34)36-28-16-20-40(21-17-28)25-26-6-10-30(11-7-26)43-23-22-39-18-4-3-5-19-39;/h6-15,24,28H,3-5,16-23,25H2,1-2H3,(H,36,38);1H. The van der Waals surface area contributed by atoms with Crippen LogP contribution in [0.15, 0.2) is 66.7 Å². The molecule has 0 saturated carbocycles. The Morgan fingerprint density at radius 2 is 1.41 bits per heavy atom. The van der Waals surface area contributed by atoms with Gasteiger partial charge in [0.2, 0.25) is 0 Å². The Balaban J connectivity index is 0.00000384. The zero-order chi connectivity index (χ0) is 29.4. The Hall–Kier alpha value is -3.59. The maximum Gasteiger partial charge on any atom is 0.156 e. The first-order valence-electron chi connectivity index (χ1n) is 15.6. The molecule has 8 nitrogen and oxygen atoms in total. The van der Waals surface area contributed by atoms with Crippen LogP contribution in [0.1, 0.15) is 37.7 Å². The molecule has 0 bridgehead atoms. The van der Waals surface area contributed by atoms with Crippen LogP contribution in [0.25, 0.3) is 22.0 Å². The first-order valence-corrected chi connectivity index (χ1v) is 15.6. The summed E-state index contributed by atoms with van der Waals surface area (Å²) in [5, 5.41) is 15.1. The second kappa shape index (κ2) is 15.4. The highest BCUT2D eigenvalue weighted by Gasteiger charge is 2.21. The Morgan fingerprint density at radius 3 is 2.11 bits per heavy atom. The summed E-state index contributed by atoms with van der Waals surface area (Å²) in [5.74, 6) is 3.39. The van der Waals surface area contributed by atoms with Gasteiger partial charge in [0.15, 0.2) is 5.82 Å². The summed E-state index contributed by atoms with van der Waals surface area (Å²) in [6.45, 7) is 7.23. The van der Waals surface area contributed by atoms with Gasteiger partial charge in [0, 0.05) is 48.6 Å². The number of piperidine rings is 2. The summed E-state index contributed by atoms with van der Waals surface area (Å²) in [6.07, 6.45) is 6.10. The second-order valence-electron chi connectivity index (χ2n) is 11.6. The summed E-state index contributed by atoms with van der Waals surface area (Å²) < 4.78 is 16.9. The van der Waals surface area contributed by atoms with E-state index in [2.05, 4.69) is 61.7 Å². The second-order valence-corrected chi connectivity index (χ2v) is 11.6. The number of halogens is 1. The lowest BCUT2D eigenvalue weighted by Crippen LogP contribution is -2.38. The molecule has 2 aliphatic rings. The van der Waals surface area contributed by atoms with Gasteiger partial charge in [0.05, 0.1) is 14.2 Å². The summed E-state index contributed by atoms with van der Waals surface area (Å²) in [5.41, 5.74) is 3.17. The van der Waals surface area contributed by atoms with Gasteiger partial charge in [0.25, 0.3) is 0 Å². The fourth-order valence-corrected chi connectivity index (χ4v) is 6.18. The number of anilines is 1. The first-order chi connectivity index (χ1) is 21.2. The third kappa shape index (κ3) is 7.92. The minimum absolute atomic E-state index is 0. The maximum atomic E-state index is 6.02. The number of rotatable bonds is 11. The van der Waals surface area contributed by atoms with Crippen molar-refractivity contribution in [1.29, 1.82) is 0 Å². The van der Waals surface area contributed by atoms with Gasteiger partial charge in [-0.05, 0) is 98.9 Å². The lowest BCUT2D eigenvalue weighted by molar-refractivity contribution is 0.183. The van der Waals surface area contributed by atoms with E-state index in [9.17, 15) is 0 Å². The lowest BCUT2D eigenvalue weighted by atomic mass is 10.0. The monoisotopic (exact) mass is 617 g/mol. The van der Waals surface area contributed by atoms with E-state index in [1.807, 2.05) is 30.3 Å². The molecule has 0 amide bonds. The van der Waals surface area contributed by atoms with Gasteiger partial charge in [-0.25, -0.2) is 0 Å². The average molecular weight is 618 g/mol. The number of hydrogen-bond donors (Lipinski definition) is 1. The molecule has 44 heavy (non-hydrogen) atoms. The van der Waals surface area contributed by atoms with Gasteiger partial charge in [-0.1, -0.05) is 18.6 Å². The molecule has 2 aliphatic heterocycles. The van der Waals surface area contributed by atoms with Crippen LogP contribution in [0.2, 0.25) is 0 Å². The molecule has 0 spiro atoms. The van der Waals surface area contributed by atoms with Crippen LogP contribution in [0.5, 0.6) is 17.2 Å². The molecule has 3 aromatic carbocycles. The first kappa shape index (κ1) is 31.8. The van der Waals surface area contributed by atoms with Crippen molar-refractivity contribution in [1.82, 2.24) is 20.0 Å². The molecule has 2 saturated heterocycles. The molecule has 0 unspecified atom stereocenters. The molecule has 6 rings (SSSR count). The highest BCUT2D eigenvalue weighted by atomic mass is 35.5. The van der Waals surface area contributed by atoms with Gasteiger partial charge in [-0.2, -0.15) is 0 Å². The van der Waals surface area contributed by atoms with Crippen LogP contribution in [0, 0.1) is 0 Å². The summed E-state index contributed by atoms with van der Waals surface area (Å²) in [4.78, 5) is 5.05. The normalized spacial score (nSPS) is 16.3. The van der Waals surface area contributed by atoms with Crippen LogP contribution in [-0.2, 0) is 6.54 Å². The molecule has 3 heterocycles. The Morgan fingerprint density at radius 1 is 0.727 bits per heavy atom. The van der Waals surface area contributed by atoms with Crippen LogP contribution < -0.4 is 19.5 Å². The lowest BCUT2D eigenvalue weighted by Gasteiger charge is -2.32. The van der Waals surface area contributed by atoms with Crippen molar-refractivity contribution < 1.29 is 14.2 Å². The molecule has 1 aromatic heterocycles. The van der Waals surface area contributed by atoms with Crippen molar-refractivity contribution in [3.8, 4) is 28.5 Å². The van der Waals surface area contributed by atoms with E-state index in [1.165, 1.54) is 37.9 Å². The predicted molar refractivity (Wildman–Crippen MR) is 179 cm³/mol. The van der Waals surface area contributed by atoms with Crippen LogP contribution in [-0.4, -0.2) is 79.6 Å². The fraction of sp³-hybridized carbons (Fsp3) is 0.429. The number of ether oxygens (including phenoxy) is 3. The van der Waals surface area contributed by atoms with Crippen molar-refractivity contribution in [3.63, 3.8) is 0 Å². The van der Waals surface area contributed by atoms with E-state index in [0.29, 0.717) is 6.04 Å². The number of benzene rings is 3. The SMILES string of the molecule is COc1ccc(-c2nnc(NC3CCN(Cc4ccc(OCCN5CCCCC5)cc4)CC3)c3cc(OC)ccc23)cc1.Cl. The molecule has 4 aromatic rings. The van der Waals surface area contributed by atoms with E-state index in [4.69, 9.17) is 14.2 Å². The van der Waals surface area contributed by atoms with Crippen molar-refractivity contribution in [2.75, 3.05) is 58.9 Å². The van der Waals surface area contributed by atoms with Crippen LogP contribution >= 0.6 is 12.4 Å². The number of nitrogens with one attached hydrogen (secondary N) is 1. The number of fused-ring (bicyclic) bond motifs is 1. The molecule has 0 aliphatic carbocycles. The van der Waals surface area contributed by atoms with Gasteiger partial charge >= 0.3 is 0 Å². The van der Waals surface area contributed by atoms with Crippen LogP contribution in [0.4, 0.5) is 5.82 Å². The van der Waals surface area contributed by atoms with Crippen molar-refractivity contribution in [2.45, 2.75) is 44.7 Å². The molecular formula is C35H44ClN5O3. The van der Waals surface area contributed by atoms with Gasteiger partial charge < -0.3 is 19.5 Å². The van der Waals surface area contributed by atoms with E-state index in [-0.39, 0.29) is 12.4 Å². The van der Waals surface area contributed by atoms with Gasteiger partial charge in [-0.15, -0.1) is 22.6 Å². The van der Waals surface area contributed by atoms with Crippen molar-refractivity contribution in [3.05, 3.63) is 72.3 Å². The zero-order valence-electron chi connectivity index (χ0n) is 25.8. The van der Waals surface area contributed by atoms with Crippen molar-refractivity contribution >= 4 is 29.0 Å². The number of methoxy groups -OCH3 is 2. The number of hydrogen-bond acceptors (Lipinski definition) is 8. The van der Waals surface area contributed by atoms with Crippen molar-refractivity contribution in [2.24, 2.45) is 0 Å². The molecule has 0 atom stereocenters. The summed E-state index contributed by atoms with van der Waals surface area (Å²) in [7, 11) is 3.37. The van der Waals surface area contributed by atoms with Crippen LogP contribution in [0.3, 0.4) is 0 Å². The number of likely N-dealkylation sites (tertiary alicyclic amines) is 2. The summed E-state index contributed by atoms with van der Waals surface area (Å²) >= 11 is 0. The zero-order valence-corrected chi connectivity index (χ0v) is 26.7. The van der Waals surface area contributed by atoms with Gasteiger partial charge in [0.1, 0.15) is 29.5 Å². The average Bonchev–Trinajstić information content (AvgIpc) is 3.07. The minimum atomic E-state index is 0. The molecule has 234 valence electrons. The van der Waals surface area contributed by atoms with E-state index < -0.39 is 0 Å². The Labute approximate surface area is 267 Å². The minimum Gasteiger partial charge on any atom is -0.497 e. The molecule has 0 radical (unpaired) electrons. The molecule has 1 N–H and O–H groups in total. The van der Waals surface area contributed by atoms with E-state index >= 15 is 0 Å². The maximum absolute atomic E-state index is 6.02. The third-order valence-electron chi connectivity index (χ3n) is 8.73. The van der Waals surface area contributed by atoms with Gasteiger partial charge in [-0.3, -0.25) is 9.80 Å². The topological polar surface area (TPSA) is 72.0 Å². The molecular weight excluding hydrogens is 574 g/mol. The quantitative estimate of drug-likeness (QED) is 0.200. The Kier molecular flexibility index (Phi) is 11.2. The third-order valence-corrected chi connectivity index (χ3v) is 8.73. The number of nitrogens with zero attached hydrogens (tertiary/aromatic N) is 4.